The van der Waals surface area contributed by atoms with Crippen molar-refractivity contribution in [2.24, 2.45) is 0 Å². The number of benzene rings is 3. The summed E-state index contributed by atoms with van der Waals surface area (Å²) in [6.45, 7) is 2.05. The average Bonchev–Trinajstić information content (AvgIpc) is 2.79. The quantitative estimate of drug-likeness (QED) is 0.462. The van der Waals surface area contributed by atoms with Crippen molar-refractivity contribution in [2.45, 2.75) is 17.9 Å². The van der Waals surface area contributed by atoms with E-state index >= 15 is 0 Å². The SMILES string of the molecule is C[C@H](/C=C(\NS(=O)(=O)c1ccccn1)c1ccc2ccccc2c1)c1ccccc1. The molecule has 0 spiro atoms. The highest BCUT2D eigenvalue weighted by Crippen LogP contribution is 2.25. The topological polar surface area (TPSA) is 59.1 Å². The molecule has 0 aliphatic heterocycles. The normalized spacial score (nSPS) is 13.2. The van der Waals surface area contributed by atoms with Crippen LogP contribution in [0.25, 0.3) is 16.5 Å². The van der Waals surface area contributed by atoms with Gasteiger partial charge in [0.05, 0.1) is 5.70 Å². The first-order valence-corrected chi connectivity index (χ1v) is 11.2. The van der Waals surface area contributed by atoms with Crippen LogP contribution in [0.1, 0.15) is 24.0 Å². The summed E-state index contributed by atoms with van der Waals surface area (Å²) in [6, 6.07) is 28.8. The van der Waals surface area contributed by atoms with E-state index in [1.807, 2.05) is 85.8 Å². The molecule has 4 rings (SSSR count). The Morgan fingerprint density at radius 2 is 1.57 bits per heavy atom. The average molecular weight is 415 g/mol. The molecule has 0 amide bonds. The fourth-order valence-corrected chi connectivity index (χ4v) is 4.39. The number of nitrogens with zero attached hydrogens (tertiary/aromatic N) is 1. The van der Waals surface area contributed by atoms with Gasteiger partial charge in [-0.15, -0.1) is 0 Å². The monoisotopic (exact) mass is 414 g/mol. The highest BCUT2D eigenvalue weighted by Gasteiger charge is 2.18. The van der Waals surface area contributed by atoms with E-state index in [1.54, 1.807) is 12.1 Å². The largest absolute Gasteiger partial charge is 0.279 e. The lowest BCUT2D eigenvalue weighted by Crippen LogP contribution is -2.23. The number of hydrogen-bond acceptors (Lipinski definition) is 3. The second-order valence-corrected chi connectivity index (χ2v) is 8.74. The molecule has 0 saturated heterocycles. The minimum absolute atomic E-state index is 0.0101. The molecule has 0 radical (unpaired) electrons. The summed E-state index contributed by atoms with van der Waals surface area (Å²) in [5.74, 6) is 0.0131. The summed E-state index contributed by atoms with van der Waals surface area (Å²) in [7, 11) is -3.82. The van der Waals surface area contributed by atoms with Crippen LogP contribution in [0.5, 0.6) is 0 Å². The van der Waals surface area contributed by atoms with Crippen LogP contribution in [0, 0.1) is 0 Å². The predicted octanol–water partition coefficient (Wildman–Crippen LogP) is 5.36. The smallest absolute Gasteiger partial charge is 0.278 e. The number of fused-ring (bicyclic) bond motifs is 1. The van der Waals surface area contributed by atoms with Crippen LogP contribution in [0.4, 0.5) is 0 Å². The van der Waals surface area contributed by atoms with E-state index in [1.165, 1.54) is 12.3 Å². The Labute approximate surface area is 177 Å². The summed E-state index contributed by atoms with van der Waals surface area (Å²) in [6.07, 6.45) is 3.42. The summed E-state index contributed by atoms with van der Waals surface area (Å²) in [5, 5.41) is 2.14. The summed E-state index contributed by atoms with van der Waals surface area (Å²) >= 11 is 0. The van der Waals surface area contributed by atoms with Gasteiger partial charge in [-0.1, -0.05) is 85.8 Å². The molecule has 1 heterocycles. The molecule has 4 aromatic rings. The molecule has 0 aliphatic carbocycles. The van der Waals surface area contributed by atoms with E-state index in [2.05, 4.69) is 9.71 Å². The van der Waals surface area contributed by atoms with Crippen LogP contribution in [0.15, 0.2) is 108 Å². The van der Waals surface area contributed by atoms with E-state index < -0.39 is 10.0 Å². The van der Waals surface area contributed by atoms with Crippen molar-refractivity contribution in [1.82, 2.24) is 9.71 Å². The molecular formula is C25H22N2O2S. The van der Waals surface area contributed by atoms with Crippen LogP contribution >= 0.6 is 0 Å². The first-order valence-electron chi connectivity index (χ1n) is 9.73. The third kappa shape index (κ3) is 4.42. The molecule has 0 unspecified atom stereocenters. The van der Waals surface area contributed by atoms with Crippen LogP contribution in [0.2, 0.25) is 0 Å². The zero-order chi connectivity index (χ0) is 21.0. The molecule has 5 heteroatoms. The molecular weight excluding hydrogens is 392 g/mol. The molecule has 30 heavy (non-hydrogen) atoms. The van der Waals surface area contributed by atoms with E-state index in [4.69, 9.17) is 0 Å². The Morgan fingerprint density at radius 3 is 2.30 bits per heavy atom. The number of rotatable bonds is 6. The molecule has 0 aliphatic rings. The van der Waals surface area contributed by atoms with Crippen molar-refractivity contribution < 1.29 is 8.42 Å². The Bertz CT molecular complexity index is 1280. The zero-order valence-corrected chi connectivity index (χ0v) is 17.4. The maximum absolute atomic E-state index is 13.0. The number of allylic oxidation sites excluding steroid dienone is 1. The van der Waals surface area contributed by atoms with Gasteiger partial charge in [0.25, 0.3) is 10.0 Å². The van der Waals surface area contributed by atoms with Crippen LogP contribution in [-0.4, -0.2) is 13.4 Å². The zero-order valence-electron chi connectivity index (χ0n) is 16.6. The van der Waals surface area contributed by atoms with Gasteiger partial charge in [0.2, 0.25) is 0 Å². The first-order chi connectivity index (χ1) is 14.5. The number of hydrogen-bond donors (Lipinski definition) is 1. The van der Waals surface area contributed by atoms with Crippen molar-refractivity contribution in [3.05, 3.63) is 114 Å². The molecule has 1 N–H and O–H groups in total. The Kier molecular flexibility index (Phi) is 5.63. The third-order valence-corrected chi connectivity index (χ3v) is 6.24. The fourth-order valence-electron chi connectivity index (χ4n) is 3.35. The van der Waals surface area contributed by atoms with Gasteiger partial charge >= 0.3 is 0 Å². The van der Waals surface area contributed by atoms with Gasteiger partial charge in [0, 0.05) is 12.1 Å². The molecule has 3 aromatic carbocycles. The minimum atomic E-state index is -3.82. The maximum atomic E-state index is 13.0. The Morgan fingerprint density at radius 1 is 0.867 bits per heavy atom. The molecule has 0 saturated carbocycles. The number of aromatic nitrogens is 1. The van der Waals surface area contributed by atoms with Crippen molar-refractivity contribution in [2.75, 3.05) is 0 Å². The predicted molar refractivity (Wildman–Crippen MR) is 121 cm³/mol. The van der Waals surface area contributed by atoms with Crippen molar-refractivity contribution in [3.8, 4) is 0 Å². The molecule has 150 valence electrons. The van der Waals surface area contributed by atoms with E-state index in [-0.39, 0.29) is 10.9 Å². The minimum Gasteiger partial charge on any atom is -0.278 e. The number of pyridine rings is 1. The Hall–Kier alpha value is -3.44. The van der Waals surface area contributed by atoms with Crippen LogP contribution in [-0.2, 0) is 10.0 Å². The molecule has 1 aromatic heterocycles. The number of sulfonamides is 1. The lowest BCUT2D eigenvalue weighted by atomic mass is 9.97. The van der Waals surface area contributed by atoms with Crippen molar-refractivity contribution in [1.29, 1.82) is 0 Å². The van der Waals surface area contributed by atoms with Gasteiger partial charge in [-0.25, -0.2) is 4.98 Å². The summed E-state index contributed by atoms with van der Waals surface area (Å²) in [5.41, 5.74) is 2.44. The van der Waals surface area contributed by atoms with Crippen molar-refractivity contribution in [3.63, 3.8) is 0 Å². The second-order valence-electron chi connectivity index (χ2n) is 7.12. The van der Waals surface area contributed by atoms with Gasteiger partial charge in [-0.3, -0.25) is 4.72 Å². The second kappa shape index (κ2) is 8.51. The van der Waals surface area contributed by atoms with Gasteiger partial charge < -0.3 is 0 Å². The lowest BCUT2D eigenvalue weighted by molar-refractivity contribution is 0.587. The molecule has 1 atom stereocenters. The summed E-state index contributed by atoms with van der Waals surface area (Å²) < 4.78 is 28.7. The molecule has 0 bridgehead atoms. The highest BCUT2D eigenvalue weighted by atomic mass is 32.2. The highest BCUT2D eigenvalue weighted by molar-refractivity contribution is 7.89. The van der Waals surface area contributed by atoms with Crippen molar-refractivity contribution >= 4 is 26.5 Å². The first kappa shape index (κ1) is 19.9. The van der Waals surface area contributed by atoms with Crippen LogP contribution < -0.4 is 4.72 Å². The van der Waals surface area contributed by atoms with E-state index in [0.717, 1.165) is 21.9 Å². The van der Waals surface area contributed by atoms with Gasteiger partial charge in [-0.05, 0) is 40.1 Å². The molecule has 4 nitrogen and oxygen atoms in total. The number of nitrogens with one attached hydrogen (secondary N) is 1. The summed E-state index contributed by atoms with van der Waals surface area (Å²) in [4.78, 5) is 4.01. The third-order valence-electron chi connectivity index (χ3n) is 4.96. The standard InChI is InChI=1S/C25H22N2O2S/c1-19(20-9-3-2-4-10-20)17-24(27-30(28,29)25-13-7-8-16-26-25)23-15-14-21-11-5-6-12-22(21)18-23/h2-19,27H,1H3/b24-17-/t19-/m1/s1. The lowest BCUT2D eigenvalue weighted by Gasteiger charge is -2.15. The van der Waals surface area contributed by atoms with E-state index in [9.17, 15) is 8.42 Å². The van der Waals surface area contributed by atoms with Crippen LogP contribution in [0.3, 0.4) is 0 Å². The maximum Gasteiger partial charge on any atom is 0.279 e. The fraction of sp³-hybridized carbons (Fsp3) is 0.0800. The van der Waals surface area contributed by atoms with Gasteiger partial charge in [0.1, 0.15) is 0 Å². The van der Waals surface area contributed by atoms with Gasteiger partial charge in [0.15, 0.2) is 5.03 Å². The van der Waals surface area contributed by atoms with E-state index in [0.29, 0.717) is 5.70 Å². The molecule has 0 fully saturated rings. The Balaban J connectivity index is 1.78. The van der Waals surface area contributed by atoms with Gasteiger partial charge in [-0.2, -0.15) is 8.42 Å².